The summed E-state index contributed by atoms with van der Waals surface area (Å²) in [5.74, 6) is 1.52. The number of rotatable bonds is 9. The van der Waals surface area contributed by atoms with Crippen molar-refractivity contribution in [1.29, 1.82) is 0 Å². The maximum Gasteiger partial charge on any atom is 0.243 e. The van der Waals surface area contributed by atoms with Crippen LogP contribution < -0.4 is 14.2 Å². The fourth-order valence-corrected chi connectivity index (χ4v) is 5.00. The highest BCUT2D eigenvalue weighted by atomic mass is 32.2. The van der Waals surface area contributed by atoms with Crippen LogP contribution in [-0.4, -0.2) is 64.5 Å². The highest BCUT2D eigenvalue weighted by Gasteiger charge is 2.29. The normalized spacial score (nSPS) is 13.4. The zero-order valence-corrected chi connectivity index (χ0v) is 19.4. The molecule has 8 nitrogen and oxygen atoms in total. The summed E-state index contributed by atoms with van der Waals surface area (Å²) in [4.78, 5) is 14.8. The van der Waals surface area contributed by atoms with E-state index in [1.807, 2.05) is 12.1 Å². The monoisotopic (exact) mass is 460 g/mol. The molecule has 0 bridgehead atoms. The summed E-state index contributed by atoms with van der Waals surface area (Å²) in [6, 6.07) is 9.86. The van der Waals surface area contributed by atoms with Crippen molar-refractivity contribution in [2.24, 2.45) is 0 Å². The van der Waals surface area contributed by atoms with Gasteiger partial charge in [-0.05, 0) is 53.9 Å². The van der Waals surface area contributed by atoms with Gasteiger partial charge in [0.1, 0.15) is 5.75 Å². The van der Waals surface area contributed by atoms with E-state index in [-0.39, 0.29) is 23.9 Å². The molecule has 0 atom stereocenters. The van der Waals surface area contributed by atoms with Gasteiger partial charge < -0.3 is 19.1 Å². The van der Waals surface area contributed by atoms with Crippen molar-refractivity contribution in [3.8, 4) is 17.2 Å². The lowest BCUT2D eigenvalue weighted by Gasteiger charge is -2.31. The summed E-state index contributed by atoms with van der Waals surface area (Å²) in [5, 5.41) is 0. The number of fused-ring (bicyclic) bond motifs is 1. The fraction of sp³-hybridized carbons (Fsp3) is 0.348. The SMILES string of the molecule is C=CCN(CC(=O)N1CCc2cc(OC)c(OC)cc2C1)S(=O)(=O)c1ccc(OC)cc1. The van der Waals surface area contributed by atoms with Gasteiger partial charge in [-0.1, -0.05) is 6.08 Å². The van der Waals surface area contributed by atoms with Gasteiger partial charge in [0.25, 0.3) is 0 Å². The van der Waals surface area contributed by atoms with Crippen molar-refractivity contribution in [2.45, 2.75) is 17.9 Å². The van der Waals surface area contributed by atoms with Crippen LogP contribution in [0, 0.1) is 0 Å². The van der Waals surface area contributed by atoms with Crippen LogP contribution in [0.5, 0.6) is 17.2 Å². The summed E-state index contributed by atoms with van der Waals surface area (Å²) < 4.78 is 43.2. The Bertz CT molecular complexity index is 1080. The van der Waals surface area contributed by atoms with Crippen LogP contribution in [0.4, 0.5) is 0 Å². The standard InChI is InChI=1S/C23H28N2O6S/c1-5-11-25(32(27,28)20-8-6-19(29-2)7-9-20)16-23(26)24-12-10-17-13-21(30-3)22(31-4)14-18(17)15-24/h5-9,13-14H,1,10-12,15-16H2,2-4H3. The molecule has 1 heterocycles. The van der Waals surface area contributed by atoms with Crippen molar-refractivity contribution < 1.29 is 27.4 Å². The number of carbonyl (C=O) groups excluding carboxylic acids is 1. The number of sulfonamides is 1. The highest BCUT2D eigenvalue weighted by Crippen LogP contribution is 2.33. The van der Waals surface area contributed by atoms with Crippen LogP contribution in [-0.2, 0) is 27.8 Å². The van der Waals surface area contributed by atoms with Crippen molar-refractivity contribution in [1.82, 2.24) is 9.21 Å². The Labute approximate surface area is 189 Å². The molecule has 0 spiro atoms. The van der Waals surface area contributed by atoms with Crippen molar-refractivity contribution in [3.05, 3.63) is 60.2 Å². The lowest BCUT2D eigenvalue weighted by atomic mass is 9.98. The van der Waals surface area contributed by atoms with E-state index >= 15 is 0 Å². The van der Waals surface area contributed by atoms with Crippen molar-refractivity contribution in [3.63, 3.8) is 0 Å². The van der Waals surface area contributed by atoms with Crippen LogP contribution >= 0.6 is 0 Å². The molecule has 3 rings (SSSR count). The molecule has 0 saturated carbocycles. The first-order valence-corrected chi connectivity index (χ1v) is 11.5. The smallest absolute Gasteiger partial charge is 0.243 e. The Morgan fingerprint density at radius 3 is 2.25 bits per heavy atom. The quantitative estimate of drug-likeness (QED) is 0.535. The molecule has 9 heteroatoms. The van der Waals surface area contributed by atoms with E-state index in [1.165, 1.54) is 25.3 Å². The third-order valence-electron chi connectivity index (χ3n) is 5.41. The van der Waals surface area contributed by atoms with Gasteiger partial charge in [-0.25, -0.2) is 8.42 Å². The maximum absolute atomic E-state index is 13.1. The van der Waals surface area contributed by atoms with Crippen molar-refractivity contribution >= 4 is 15.9 Å². The zero-order chi connectivity index (χ0) is 23.3. The Kier molecular flexibility index (Phi) is 7.42. The molecule has 2 aromatic carbocycles. The van der Waals surface area contributed by atoms with Gasteiger partial charge in [-0.2, -0.15) is 4.31 Å². The number of methoxy groups -OCH3 is 3. The van der Waals surface area contributed by atoms with E-state index in [1.54, 1.807) is 31.3 Å². The number of hydrogen-bond donors (Lipinski definition) is 0. The summed E-state index contributed by atoms with van der Waals surface area (Å²) in [5.41, 5.74) is 2.04. The second-order valence-electron chi connectivity index (χ2n) is 7.30. The van der Waals surface area contributed by atoms with Gasteiger partial charge in [0.15, 0.2) is 11.5 Å². The molecule has 0 fully saturated rings. The van der Waals surface area contributed by atoms with E-state index in [2.05, 4.69) is 6.58 Å². The molecule has 2 aromatic rings. The predicted octanol–water partition coefficient (Wildman–Crippen LogP) is 2.47. The van der Waals surface area contributed by atoms with Gasteiger partial charge in [0.2, 0.25) is 15.9 Å². The molecule has 0 aromatic heterocycles. The predicted molar refractivity (Wildman–Crippen MR) is 121 cm³/mol. The summed E-state index contributed by atoms with van der Waals surface area (Å²) in [6.45, 7) is 4.26. The van der Waals surface area contributed by atoms with E-state index in [0.717, 1.165) is 15.4 Å². The zero-order valence-electron chi connectivity index (χ0n) is 18.5. The maximum atomic E-state index is 13.1. The largest absolute Gasteiger partial charge is 0.497 e. The fourth-order valence-electron chi connectivity index (χ4n) is 3.64. The van der Waals surface area contributed by atoms with Crippen LogP contribution in [0.3, 0.4) is 0 Å². The number of nitrogens with zero attached hydrogens (tertiary/aromatic N) is 2. The van der Waals surface area contributed by atoms with Crippen LogP contribution in [0.1, 0.15) is 11.1 Å². The van der Waals surface area contributed by atoms with Crippen LogP contribution in [0.2, 0.25) is 0 Å². The Balaban J connectivity index is 1.78. The number of benzene rings is 2. The average Bonchev–Trinajstić information content (AvgIpc) is 2.82. The third kappa shape index (κ3) is 4.89. The number of hydrogen-bond acceptors (Lipinski definition) is 6. The highest BCUT2D eigenvalue weighted by molar-refractivity contribution is 7.89. The lowest BCUT2D eigenvalue weighted by Crippen LogP contribution is -2.44. The van der Waals surface area contributed by atoms with Gasteiger partial charge in [-0.3, -0.25) is 4.79 Å². The third-order valence-corrected chi connectivity index (χ3v) is 7.24. The first kappa shape index (κ1) is 23.6. The number of amides is 1. The molecule has 32 heavy (non-hydrogen) atoms. The minimum Gasteiger partial charge on any atom is -0.497 e. The molecule has 172 valence electrons. The van der Waals surface area contributed by atoms with Gasteiger partial charge >= 0.3 is 0 Å². The molecule has 1 aliphatic rings. The van der Waals surface area contributed by atoms with Gasteiger partial charge in [-0.15, -0.1) is 6.58 Å². The summed E-state index contributed by atoms with van der Waals surface area (Å²) in [7, 11) is 0.775. The lowest BCUT2D eigenvalue weighted by molar-refractivity contribution is -0.132. The van der Waals surface area contributed by atoms with E-state index in [9.17, 15) is 13.2 Å². The second-order valence-corrected chi connectivity index (χ2v) is 9.24. The average molecular weight is 461 g/mol. The van der Waals surface area contributed by atoms with Crippen LogP contribution in [0.15, 0.2) is 53.9 Å². The molecular formula is C23H28N2O6S. The van der Waals surface area contributed by atoms with E-state index in [0.29, 0.717) is 36.8 Å². The molecule has 0 radical (unpaired) electrons. The van der Waals surface area contributed by atoms with Crippen molar-refractivity contribution in [2.75, 3.05) is 41.0 Å². The first-order chi connectivity index (χ1) is 15.3. The van der Waals surface area contributed by atoms with Gasteiger partial charge in [0.05, 0.1) is 32.8 Å². The molecular weight excluding hydrogens is 432 g/mol. The van der Waals surface area contributed by atoms with Gasteiger partial charge in [0, 0.05) is 19.6 Å². The first-order valence-electron chi connectivity index (χ1n) is 10.1. The molecule has 1 aliphatic heterocycles. The van der Waals surface area contributed by atoms with Crippen LogP contribution in [0.25, 0.3) is 0 Å². The molecule has 0 unspecified atom stereocenters. The Hall–Kier alpha value is -3.04. The van der Waals surface area contributed by atoms with E-state index < -0.39 is 10.0 Å². The minimum absolute atomic E-state index is 0.0234. The molecule has 1 amide bonds. The molecule has 0 N–H and O–H groups in total. The Morgan fingerprint density at radius 1 is 1.06 bits per heavy atom. The minimum atomic E-state index is -3.88. The second kappa shape index (κ2) is 10.1. The molecule has 0 aliphatic carbocycles. The van der Waals surface area contributed by atoms with E-state index in [4.69, 9.17) is 14.2 Å². The Morgan fingerprint density at radius 2 is 1.69 bits per heavy atom. The summed E-state index contributed by atoms with van der Waals surface area (Å²) in [6.07, 6.45) is 2.12. The molecule has 0 saturated heterocycles. The summed E-state index contributed by atoms with van der Waals surface area (Å²) >= 11 is 0. The number of ether oxygens (including phenoxy) is 3. The topological polar surface area (TPSA) is 85.4 Å². The number of carbonyl (C=O) groups is 1.